The van der Waals surface area contributed by atoms with Crippen molar-refractivity contribution < 1.29 is 4.79 Å². The van der Waals surface area contributed by atoms with Crippen LogP contribution in [-0.4, -0.2) is 61.1 Å². The van der Waals surface area contributed by atoms with Gasteiger partial charge in [-0.05, 0) is 45.0 Å². The minimum absolute atomic E-state index is 0.0795. The lowest BCUT2D eigenvalue weighted by Crippen LogP contribution is -2.49. The zero-order chi connectivity index (χ0) is 22.4. The van der Waals surface area contributed by atoms with Crippen LogP contribution in [0.25, 0.3) is 11.5 Å². The molecule has 32 heavy (non-hydrogen) atoms. The van der Waals surface area contributed by atoms with Gasteiger partial charge in [0.05, 0.1) is 5.56 Å². The number of benzene rings is 1. The summed E-state index contributed by atoms with van der Waals surface area (Å²) in [5, 5.41) is 4.31. The Balaban J connectivity index is 1.36. The van der Waals surface area contributed by atoms with Crippen LogP contribution in [0.2, 0.25) is 0 Å². The molecule has 0 unspecified atom stereocenters. The molecule has 0 spiro atoms. The number of amides is 1. The third-order valence-electron chi connectivity index (χ3n) is 5.98. The monoisotopic (exact) mass is 493 g/mol. The highest BCUT2D eigenvalue weighted by Crippen LogP contribution is 2.25. The maximum Gasteiger partial charge on any atom is 0.255 e. The Kier molecular flexibility index (Phi) is 5.21. The molecule has 0 atom stereocenters. The first-order valence-corrected chi connectivity index (χ1v) is 11.4. The zero-order valence-electron chi connectivity index (χ0n) is 18.3. The van der Waals surface area contributed by atoms with E-state index in [1.54, 1.807) is 4.52 Å². The van der Waals surface area contributed by atoms with Gasteiger partial charge in [-0.3, -0.25) is 4.79 Å². The molecular weight excluding hydrogens is 470 g/mol. The van der Waals surface area contributed by atoms with Crippen LogP contribution in [0, 0.1) is 20.8 Å². The van der Waals surface area contributed by atoms with Crippen LogP contribution in [0.4, 0.5) is 5.82 Å². The molecule has 164 valence electrons. The van der Waals surface area contributed by atoms with Crippen LogP contribution in [0.1, 0.15) is 27.4 Å². The topological polar surface area (TPSA) is 71.6 Å². The molecular formula is C23H24BrN7O. The quantitative estimate of drug-likeness (QED) is 0.436. The number of hydrogen-bond donors (Lipinski definition) is 0. The maximum absolute atomic E-state index is 13.4. The molecule has 1 aliphatic rings. The van der Waals surface area contributed by atoms with Crippen molar-refractivity contribution in [2.24, 2.45) is 0 Å². The Morgan fingerprint density at radius 3 is 2.56 bits per heavy atom. The molecule has 9 heteroatoms. The Hall–Kier alpha value is -3.20. The molecule has 5 rings (SSSR count). The fraction of sp³-hybridized carbons (Fsp3) is 0.304. The lowest BCUT2D eigenvalue weighted by Gasteiger charge is -2.36. The van der Waals surface area contributed by atoms with Crippen molar-refractivity contribution in [1.29, 1.82) is 0 Å². The van der Waals surface area contributed by atoms with Crippen molar-refractivity contribution in [3.63, 3.8) is 0 Å². The Bertz CT molecular complexity index is 1320. The number of anilines is 1. The van der Waals surface area contributed by atoms with E-state index >= 15 is 0 Å². The fourth-order valence-corrected chi connectivity index (χ4v) is 4.82. The summed E-state index contributed by atoms with van der Waals surface area (Å²) < 4.78 is 4.91. The summed E-state index contributed by atoms with van der Waals surface area (Å²) >= 11 is 3.54. The summed E-state index contributed by atoms with van der Waals surface area (Å²) in [5.74, 6) is 1.64. The normalized spacial score (nSPS) is 14.4. The molecule has 8 nitrogen and oxygen atoms in total. The van der Waals surface area contributed by atoms with E-state index < -0.39 is 0 Å². The van der Waals surface area contributed by atoms with Gasteiger partial charge in [0.2, 0.25) is 0 Å². The molecule has 1 aromatic carbocycles. The first-order chi connectivity index (χ1) is 15.4. The van der Waals surface area contributed by atoms with Gasteiger partial charge < -0.3 is 14.4 Å². The van der Waals surface area contributed by atoms with E-state index in [4.69, 9.17) is 0 Å². The summed E-state index contributed by atoms with van der Waals surface area (Å²) in [4.78, 5) is 26.2. The van der Waals surface area contributed by atoms with E-state index in [-0.39, 0.29) is 5.91 Å². The summed E-state index contributed by atoms with van der Waals surface area (Å²) in [6.07, 6.45) is 1.52. The lowest BCUT2D eigenvalue weighted by atomic mass is 10.2. The maximum atomic E-state index is 13.4. The second-order valence-corrected chi connectivity index (χ2v) is 9.02. The van der Waals surface area contributed by atoms with Crippen LogP contribution >= 0.6 is 15.9 Å². The number of halogens is 1. The minimum atomic E-state index is 0.0795. The molecule has 0 bridgehead atoms. The summed E-state index contributed by atoms with van der Waals surface area (Å²) in [7, 11) is 0. The fourth-order valence-electron chi connectivity index (χ4n) is 4.44. The number of aryl methyl sites for hydroxylation is 2. The highest BCUT2D eigenvalue weighted by Gasteiger charge is 2.27. The molecule has 0 radical (unpaired) electrons. The first-order valence-electron chi connectivity index (χ1n) is 10.6. The SMILES string of the molecule is Cc1cc(N2CCN(C(=O)c3cc(C)n(-c4cccc(Br)c4)c3C)CC2)n2ncnc2n1. The van der Waals surface area contributed by atoms with Gasteiger partial charge in [-0.15, -0.1) is 0 Å². The molecule has 1 saturated heterocycles. The summed E-state index contributed by atoms with van der Waals surface area (Å²) in [6, 6.07) is 12.1. The molecule has 0 N–H and O–H groups in total. The Morgan fingerprint density at radius 2 is 1.81 bits per heavy atom. The molecule has 1 amide bonds. The third kappa shape index (κ3) is 3.56. The van der Waals surface area contributed by atoms with Crippen molar-refractivity contribution in [3.05, 3.63) is 69.8 Å². The van der Waals surface area contributed by atoms with E-state index in [0.717, 1.165) is 51.7 Å². The third-order valence-corrected chi connectivity index (χ3v) is 6.47. The van der Waals surface area contributed by atoms with Crippen LogP contribution in [0.3, 0.4) is 0 Å². The highest BCUT2D eigenvalue weighted by atomic mass is 79.9. The van der Waals surface area contributed by atoms with Gasteiger partial charge in [0, 0.05) is 59.5 Å². The van der Waals surface area contributed by atoms with Gasteiger partial charge in [-0.1, -0.05) is 22.0 Å². The van der Waals surface area contributed by atoms with Gasteiger partial charge in [-0.25, -0.2) is 4.98 Å². The van der Waals surface area contributed by atoms with Crippen LogP contribution < -0.4 is 4.90 Å². The predicted octanol–water partition coefficient (Wildman–Crippen LogP) is 3.57. The van der Waals surface area contributed by atoms with Gasteiger partial charge in [0.15, 0.2) is 0 Å². The number of carbonyl (C=O) groups is 1. The second kappa shape index (κ2) is 8.05. The van der Waals surface area contributed by atoms with Crippen LogP contribution in [-0.2, 0) is 0 Å². The summed E-state index contributed by atoms with van der Waals surface area (Å²) in [5.41, 5.74) is 4.71. The van der Waals surface area contributed by atoms with Crippen molar-refractivity contribution >= 4 is 33.4 Å². The molecule has 0 saturated carbocycles. The van der Waals surface area contributed by atoms with Crippen LogP contribution in [0.15, 0.2) is 47.2 Å². The molecule has 3 aromatic heterocycles. The molecule has 4 aromatic rings. The molecule has 1 fully saturated rings. The number of aromatic nitrogens is 5. The number of rotatable bonds is 3. The molecule has 4 heterocycles. The zero-order valence-corrected chi connectivity index (χ0v) is 19.9. The molecule has 0 aliphatic carbocycles. The standard InChI is InChI=1S/C23H24BrN7O/c1-15-11-21(31-23(27-15)25-14-26-31)28-7-9-29(10-8-28)22(32)20-12-16(2)30(17(20)3)19-6-4-5-18(24)13-19/h4-6,11-14H,7-10H2,1-3H3. The first kappa shape index (κ1) is 20.7. The average Bonchev–Trinajstić information content (AvgIpc) is 3.36. The van der Waals surface area contributed by atoms with E-state index in [2.05, 4.69) is 52.6 Å². The second-order valence-electron chi connectivity index (χ2n) is 8.11. The Morgan fingerprint density at radius 1 is 1.03 bits per heavy atom. The van der Waals surface area contributed by atoms with E-state index in [0.29, 0.717) is 18.9 Å². The Labute approximate surface area is 194 Å². The van der Waals surface area contributed by atoms with E-state index in [9.17, 15) is 4.79 Å². The van der Waals surface area contributed by atoms with Gasteiger partial charge >= 0.3 is 0 Å². The number of hydrogen-bond acceptors (Lipinski definition) is 5. The minimum Gasteiger partial charge on any atom is -0.353 e. The van der Waals surface area contributed by atoms with Crippen molar-refractivity contribution in [3.8, 4) is 5.69 Å². The highest BCUT2D eigenvalue weighted by molar-refractivity contribution is 9.10. The van der Waals surface area contributed by atoms with Gasteiger partial charge in [-0.2, -0.15) is 14.6 Å². The lowest BCUT2D eigenvalue weighted by molar-refractivity contribution is 0.0745. The van der Waals surface area contributed by atoms with Gasteiger partial charge in [0.1, 0.15) is 12.1 Å². The summed E-state index contributed by atoms with van der Waals surface area (Å²) in [6.45, 7) is 8.77. The van der Waals surface area contributed by atoms with E-state index in [1.165, 1.54) is 6.33 Å². The largest absolute Gasteiger partial charge is 0.353 e. The van der Waals surface area contributed by atoms with Crippen LogP contribution in [0.5, 0.6) is 0 Å². The van der Waals surface area contributed by atoms with E-state index in [1.807, 2.05) is 49.9 Å². The number of carbonyl (C=O) groups excluding carboxylic acids is 1. The van der Waals surface area contributed by atoms with Gasteiger partial charge in [0.25, 0.3) is 11.7 Å². The average molecular weight is 494 g/mol. The van der Waals surface area contributed by atoms with Crippen molar-refractivity contribution in [2.45, 2.75) is 20.8 Å². The molecule has 1 aliphatic heterocycles. The smallest absolute Gasteiger partial charge is 0.255 e. The number of fused-ring (bicyclic) bond motifs is 1. The predicted molar refractivity (Wildman–Crippen MR) is 127 cm³/mol. The van der Waals surface area contributed by atoms with Crippen molar-refractivity contribution in [2.75, 3.05) is 31.1 Å². The number of nitrogens with zero attached hydrogens (tertiary/aromatic N) is 7. The van der Waals surface area contributed by atoms with Crippen molar-refractivity contribution in [1.82, 2.24) is 29.0 Å². The number of piperazine rings is 1.